The summed E-state index contributed by atoms with van der Waals surface area (Å²) in [5, 5.41) is 12.2. The number of aliphatic hydroxyl groups excluding tert-OH is 1. The van der Waals surface area contributed by atoms with Crippen LogP contribution < -0.4 is 10.9 Å². The van der Waals surface area contributed by atoms with Gasteiger partial charge in [0.05, 0.1) is 11.9 Å². The maximum atomic E-state index is 12.6. The lowest BCUT2D eigenvalue weighted by Gasteiger charge is -2.07. The smallest absolute Gasteiger partial charge is 0.270 e. The molecule has 0 aliphatic carbocycles. The summed E-state index contributed by atoms with van der Waals surface area (Å²) in [5.41, 5.74) is 1.37. The molecule has 26 heavy (non-hydrogen) atoms. The van der Waals surface area contributed by atoms with Crippen LogP contribution in [0.25, 0.3) is 5.65 Å². The minimum absolute atomic E-state index is 0.0417. The SMILES string of the molecule is O=C(NCc1ccc(Cl)cc1)c1cnc2cnc(CCCO)cn2c1=O. The van der Waals surface area contributed by atoms with Crippen LogP contribution in [-0.4, -0.2) is 32.0 Å². The van der Waals surface area contributed by atoms with Crippen molar-refractivity contribution in [2.45, 2.75) is 19.4 Å². The van der Waals surface area contributed by atoms with Crippen molar-refractivity contribution in [1.82, 2.24) is 19.7 Å². The van der Waals surface area contributed by atoms with Crippen molar-refractivity contribution >= 4 is 23.2 Å². The summed E-state index contributed by atoms with van der Waals surface area (Å²) in [6.45, 7) is 0.316. The van der Waals surface area contributed by atoms with Gasteiger partial charge in [-0.3, -0.25) is 19.0 Å². The molecule has 0 spiro atoms. The highest BCUT2D eigenvalue weighted by Gasteiger charge is 2.13. The van der Waals surface area contributed by atoms with Crippen LogP contribution in [0.15, 0.2) is 47.7 Å². The zero-order valence-corrected chi connectivity index (χ0v) is 14.6. The third-order valence-corrected chi connectivity index (χ3v) is 4.10. The predicted molar refractivity (Wildman–Crippen MR) is 97.3 cm³/mol. The Kier molecular flexibility index (Phi) is 5.60. The zero-order valence-electron chi connectivity index (χ0n) is 13.9. The second-order valence-corrected chi connectivity index (χ2v) is 6.16. The van der Waals surface area contributed by atoms with Gasteiger partial charge in [-0.15, -0.1) is 0 Å². The molecule has 0 saturated heterocycles. The van der Waals surface area contributed by atoms with Gasteiger partial charge in [0.1, 0.15) is 5.56 Å². The number of aryl methyl sites for hydroxylation is 1. The molecule has 2 heterocycles. The predicted octanol–water partition coefficient (Wildman–Crippen LogP) is 1.60. The number of aromatic nitrogens is 3. The lowest BCUT2D eigenvalue weighted by molar-refractivity contribution is 0.0949. The number of aliphatic hydroxyl groups is 1. The molecule has 0 fully saturated rings. The summed E-state index contributed by atoms with van der Waals surface area (Å²) < 4.78 is 1.30. The first kappa shape index (κ1) is 18.0. The van der Waals surface area contributed by atoms with E-state index in [0.717, 1.165) is 5.56 Å². The van der Waals surface area contributed by atoms with Gasteiger partial charge >= 0.3 is 0 Å². The fraction of sp³-hybridized carbons (Fsp3) is 0.222. The van der Waals surface area contributed by atoms with Crippen LogP contribution in [0.5, 0.6) is 0 Å². The molecule has 0 unspecified atom stereocenters. The molecule has 0 saturated carbocycles. The molecule has 134 valence electrons. The molecule has 3 aromatic rings. The maximum Gasteiger partial charge on any atom is 0.270 e. The Morgan fingerprint density at radius 1 is 1.19 bits per heavy atom. The number of fused-ring (bicyclic) bond motifs is 1. The number of carbonyl (C=O) groups is 1. The quantitative estimate of drug-likeness (QED) is 0.685. The third-order valence-electron chi connectivity index (χ3n) is 3.85. The van der Waals surface area contributed by atoms with E-state index in [1.165, 1.54) is 16.8 Å². The van der Waals surface area contributed by atoms with E-state index in [2.05, 4.69) is 15.3 Å². The Morgan fingerprint density at radius 2 is 1.96 bits per heavy atom. The fourth-order valence-electron chi connectivity index (χ4n) is 2.45. The van der Waals surface area contributed by atoms with Gasteiger partial charge in [-0.05, 0) is 30.5 Å². The largest absolute Gasteiger partial charge is 0.396 e. The lowest BCUT2D eigenvalue weighted by Crippen LogP contribution is -2.31. The van der Waals surface area contributed by atoms with Crippen molar-refractivity contribution in [3.05, 3.63) is 75.1 Å². The summed E-state index contributed by atoms with van der Waals surface area (Å²) in [4.78, 5) is 33.3. The summed E-state index contributed by atoms with van der Waals surface area (Å²) in [5.74, 6) is -0.499. The van der Waals surface area contributed by atoms with E-state index in [9.17, 15) is 9.59 Å². The molecule has 8 heteroatoms. The monoisotopic (exact) mass is 372 g/mol. The molecular weight excluding hydrogens is 356 g/mol. The molecule has 3 rings (SSSR count). The van der Waals surface area contributed by atoms with Gasteiger partial charge in [-0.25, -0.2) is 4.98 Å². The van der Waals surface area contributed by atoms with E-state index in [1.54, 1.807) is 30.5 Å². The van der Waals surface area contributed by atoms with Gasteiger partial charge in [-0.1, -0.05) is 23.7 Å². The van der Waals surface area contributed by atoms with Crippen LogP contribution in [0, 0.1) is 0 Å². The fourth-order valence-corrected chi connectivity index (χ4v) is 2.58. The Hall–Kier alpha value is -2.77. The highest BCUT2D eigenvalue weighted by Crippen LogP contribution is 2.09. The topological polar surface area (TPSA) is 96.6 Å². The van der Waals surface area contributed by atoms with Crippen molar-refractivity contribution in [1.29, 1.82) is 0 Å². The van der Waals surface area contributed by atoms with E-state index in [-0.39, 0.29) is 18.7 Å². The Labute approximate surface area is 154 Å². The minimum atomic E-state index is -0.499. The van der Waals surface area contributed by atoms with Crippen LogP contribution in [0.4, 0.5) is 0 Å². The van der Waals surface area contributed by atoms with Crippen molar-refractivity contribution in [2.75, 3.05) is 6.61 Å². The molecule has 2 N–H and O–H groups in total. The maximum absolute atomic E-state index is 12.6. The number of rotatable bonds is 6. The molecule has 0 atom stereocenters. The number of nitrogens with one attached hydrogen (secondary N) is 1. The van der Waals surface area contributed by atoms with Crippen LogP contribution in [-0.2, 0) is 13.0 Å². The Bertz CT molecular complexity index is 986. The number of nitrogens with zero attached hydrogens (tertiary/aromatic N) is 3. The van der Waals surface area contributed by atoms with Gasteiger partial charge in [0.15, 0.2) is 5.65 Å². The first-order valence-electron chi connectivity index (χ1n) is 8.08. The number of hydrogen-bond donors (Lipinski definition) is 2. The Morgan fingerprint density at radius 3 is 2.69 bits per heavy atom. The number of hydrogen-bond acceptors (Lipinski definition) is 5. The number of carbonyl (C=O) groups excluding carboxylic acids is 1. The van der Waals surface area contributed by atoms with E-state index in [0.29, 0.717) is 29.2 Å². The highest BCUT2D eigenvalue weighted by atomic mass is 35.5. The van der Waals surface area contributed by atoms with Gasteiger partial charge in [0.25, 0.3) is 11.5 Å². The molecule has 0 radical (unpaired) electrons. The van der Waals surface area contributed by atoms with Gasteiger partial charge in [0, 0.05) is 30.6 Å². The summed E-state index contributed by atoms with van der Waals surface area (Å²) >= 11 is 5.83. The van der Waals surface area contributed by atoms with E-state index >= 15 is 0 Å². The summed E-state index contributed by atoms with van der Waals surface area (Å²) in [6.07, 6.45) is 5.36. The van der Waals surface area contributed by atoms with Crippen LogP contribution in [0.3, 0.4) is 0 Å². The first-order valence-corrected chi connectivity index (χ1v) is 8.46. The second kappa shape index (κ2) is 8.07. The molecule has 0 bridgehead atoms. The van der Waals surface area contributed by atoms with Gasteiger partial charge < -0.3 is 10.4 Å². The Balaban J connectivity index is 1.82. The van der Waals surface area contributed by atoms with E-state index in [1.807, 2.05) is 0 Å². The van der Waals surface area contributed by atoms with Crippen molar-refractivity contribution in [2.24, 2.45) is 0 Å². The van der Waals surface area contributed by atoms with E-state index < -0.39 is 11.5 Å². The lowest BCUT2D eigenvalue weighted by atomic mass is 10.2. The molecule has 0 aliphatic heterocycles. The molecule has 1 aromatic carbocycles. The van der Waals surface area contributed by atoms with Crippen molar-refractivity contribution < 1.29 is 9.90 Å². The second-order valence-electron chi connectivity index (χ2n) is 5.72. The van der Waals surface area contributed by atoms with Crippen LogP contribution >= 0.6 is 11.6 Å². The minimum Gasteiger partial charge on any atom is -0.396 e. The van der Waals surface area contributed by atoms with Gasteiger partial charge in [0.2, 0.25) is 0 Å². The highest BCUT2D eigenvalue weighted by molar-refractivity contribution is 6.30. The standard InChI is InChI=1S/C18H17ClN4O3/c19-13-5-3-12(4-6-13)8-22-17(25)15-9-21-16-10-20-14(2-1-7-24)11-23(16)18(15)26/h3-6,9-11,24H,1-2,7-8H2,(H,22,25). The molecule has 0 aliphatic rings. The zero-order chi connectivity index (χ0) is 18.5. The molecule has 7 nitrogen and oxygen atoms in total. The average Bonchev–Trinajstić information content (AvgIpc) is 2.66. The van der Waals surface area contributed by atoms with Crippen molar-refractivity contribution in [3.8, 4) is 0 Å². The molecule has 2 aromatic heterocycles. The number of benzene rings is 1. The van der Waals surface area contributed by atoms with Crippen LogP contribution in [0.1, 0.15) is 28.0 Å². The average molecular weight is 373 g/mol. The number of amides is 1. The molecule has 1 amide bonds. The summed E-state index contributed by atoms with van der Waals surface area (Å²) in [7, 11) is 0. The normalized spacial score (nSPS) is 10.8. The van der Waals surface area contributed by atoms with Crippen LogP contribution in [0.2, 0.25) is 5.02 Å². The first-order chi connectivity index (χ1) is 12.6. The van der Waals surface area contributed by atoms with Crippen molar-refractivity contribution in [3.63, 3.8) is 0 Å². The third kappa shape index (κ3) is 4.07. The van der Waals surface area contributed by atoms with E-state index in [4.69, 9.17) is 16.7 Å². The molecular formula is C18H17ClN4O3. The number of halogens is 1. The summed E-state index contributed by atoms with van der Waals surface area (Å²) in [6, 6.07) is 7.06. The van der Waals surface area contributed by atoms with Gasteiger partial charge in [-0.2, -0.15) is 0 Å².